The minimum absolute atomic E-state index is 0.151. The van der Waals surface area contributed by atoms with E-state index in [1.54, 1.807) is 38.1 Å². The molecule has 0 aliphatic rings. The van der Waals surface area contributed by atoms with E-state index in [2.05, 4.69) is 27.0 Å². The van der Waals surface area contributed by atoms with Crippen LogP contribution < -0.4 is 0 Å². The molecule has 0 amide bonds. The molecule has 0 unspecified atom stereocenters. The van der Waals surface area contributed by atoms with Crippen LogP contribution in [0.4, 0.5) is 0 Å². The van der Waals surface area contributed by atoms with Gasteiger partial charge in [-0.1, -0.05) is 51.3 Å². The molecule has 0 aliphatic heterocycles. The van der Waals surface area contributed by atoms with E-state index in [0.29, 0.717) is 11.1 Å². The van der Waals surface area contributed by atoms with Crippen molar-refractivity contribution in [1.82, 2.24) is 0 Å². The Morgan fingerprint density at radius 3 is 1.32 bits per heavy atom. The Morgan fingerprint density at radius 1 is 0.706 bits per heavy atom. The molecule has 7 nitrogen and oxygen atoms in total. The van der Waals surface area contributed by atoms with Crippen molar-refractivity contribution in [3.05, 3.63) is 84.0 Å². The van der Waals surface area contributed by atoms with Crippen LogP contribution >= 0.6 is 0 Å². The standard InChI is InChI=1S/C15H16O2.C12H18O5/c1-15(2,11-3-7-13(16)8-4-11)12-5-9-14(17)10-6-12;1-9(2)11(13)16-7-5-15-6-8-17-12(14)10(3)4/h3-10,16-17H,1-2H3;1,3,5-8H2,2,4H3. The van der Waals surface area contributed by atoms with Crippen molar-refractivity contribution >= 4 is 11.9 Å². The summed E-state index contributed by atoms with van der Waals surface area (Å²) in [6.07, 6.45) is 0. The van der Waals surface area contributed by atoms with Gasteiger partial charge in [0.2, 0.25) is 0 Å². The van der Waals surface area contributed by atoms with E-state index in [1.807, 2.05) is 24.3 Å². The summed E-state index contributed by atoms with van der Waals surface area (Å²) in [6, 6.07) is 14.4. The molecule has 0 spiro atoms. The second-order valence-electron chi connectivity index (χ2n) is 8.16. The van der Waals surface area contributed by atoms with Gasteiger partial charge in [0.05, 0.1) is 13.2 Å². The molecule has 0 atom stereocenters. The number of hydrogen-bond acceptors (Lipinski definition) is 7. The lowest BCUT2D eigenvalue weighted by atomic mass is 9.78. The number of rotatable bonds is 10. The van der Waals surface area contributed by atoms with Crippen LogP contribution in [0.25, 0.3) is 0 Å². The zero-order valence-electron chi connectivity index (χ0n) is 20.3. The number of ether oxygens (including phenoxy) is 3. The van der Waals surface area contributed by atoms with Crippen molar-refractivity contribution in [3.63, 3.8) is 0 Å². The lowest BCUT2D eigenvalue weighted by Gasteiger charge is -2.26. The van der Waals surface area contributed by atoms with Gasteiger partial charge in [-0.15, -0.1) is 0 Å². The number of hydrogen-bond donors (Lipinski definition) is 2. The smallest absolute Gasteiger partial charge is 0.333 e. The van der Waals surface area contributed by atoms with Crippen LogP contribution in [0.3, 0.4) is 0 Å². The first kappa shape index (κ1) is 28.5. The minimum Gasteiger partial charge on any atom is -0.508 e. The molecule has 0 aromatic heterocycles. The third kappa shape index (κ3) is 9.92. The zero-order valence-corrected chi connectivity index (χ0v) is 20.3. The van der Waals surface area contributed by atoms with E-state index in [-0.39, 0.29) is 43.3 Å². The van der Waals surface area contributed by atoms with E-state index >= 15 is 0 Å². The Kier molecular flexibility index (Phi) is 11.6. The monoisotopic (exact) mass is 470 g/mol. The van der Waals surface area contributed by atoms with Crippen molar-refractivity contribution in [2.75, 3.05) is 26.4 Å². The lowest BCUT2D eigenvalue weighted by Crippen LogP contribution is -2.18. The number of phenols is 2. The highest BCUT2D eigenvalue weighted by atomic mass is 16.6. The van der Waals surface area contributed by atoms with E-state index < -0.39 is 11.9 Å². The van der Waals surface area contributed by atoms with Crippen LogP contribution in [0.2, 0.25) is 0 Å². The third-order valence-corrected chi connectivity index (χ3v) is 4.80. The largest absolute Gasteiger partial charge is 0.508 e. The fraction of sp³-hybridized carbons (Fsp3) is 0.333. The Labute approximate surface area is 201 Å². The van der Waals surface area contributed by atoms with Gasteiger partial charge in [-0.3, -0.25) is 0 Å². The van der Waals surface area contributed by atoms with E-state index in [4.69, 9.17) is 14.2 Å². The number of aromatic hydroxyl groups is 2. The van der Waals surface area contributed by atoms with Gasteiger partial charge in [-0.05, 0) is 49.2 Å². The molecule has 0 radical (unpaired) electrons. The van der Waals surface area contributed by atoms with Crippen LogP contribution in [-0.2, 0) is 29.2 Å². The topological polar surface area (TPSA) is 102 Å². The normalized spacial score (nSPS) is 10.5. The maximum absolute atomic E-state index is 10.9. The van der Waals surface area contributed by atoms with E-state index in [9.17, 15) is 19.8 Å². The number of benzene rings is 2. The van der Waals surface area contributed by atoms with Crippen LogP contribution in [0, 0.1) is 0 Å². The zero-order chi connectivity index (χ0) is 25.7. The average Bonchev–Trinajstić information content (AvgIpc) is 2.79. The quantitative estimate of drug-likeness (QED) is 0.296. The average molecular weight is 471 g/mol. The predicted molar refractivity (Wildman–Crippen MR) is 131 cm³/mol. The maximum Gasteiger partial charge on any atom is 0.333 e. The molecule has 0 bridgehead atoms. The molecule has 0 heterocycles. The van der Waals surface area contributed by atoms with Gasteiger partial charge in [-0.25, -0.2) is 9.59 Å². The molecule has 0 fully saturated rings. The van der Waals surface area contributed by atoms with Gasteiger partial charge >= 0.3 is 11.9 Å². The number of carbonyl (C=O) groups excluding carboxylic acids is 2. The number of phenolic OH excluding ortho intramolecular Hbond substituents is 2. The van der Waals surface area contributed by atoms with Gasteiger partial charge in [0, 0.05) is 16.6 Å². The molecule has 34 heavy (non-hydrogen) atoms. The minimum atomic E-state index is -0.442. The van der Waals surface area contributed by atoms with Crippen LogP contribution in [0.5, 0.6) is 11.5 Å². The van der Waals surface area contributed by atoms with Crippen molar-refractivity contribution < 1.29 is 34.0 Å². The van der Waals surface area contributed by atoms with Gasteiger partial charge in [0.1, 0.15) is 24.7 Å². The van der Waals surface area contributed by atoms with Crippen molar-refractivity contribution in [3.8, 4) is 11.5 Å². The molecule has 2 N–H and O–H groups in total. The number of carbonyl (C=O) groups is 2. The fourth-order valence-corrected chi connectivity index (χ4v) is 2.66. The molecule has 2 aromatic rings. The summed E-state index contributed by atoms with van der Waals surface area (Å²) in [4.78, 5) is 21.9. The lowest BCUT2D eigenvalue weighted by molar-refractivity contribution is -0.141. The first-order chi connectivity index (χ1) is 15.9. The summed E-state index contributed by atoms with van der Waals surface area (Å²) in [5.74, 6) is -0.338. The Morgan fingerprint density at radius 2 is 1.03 bits per heavy atom. The highest BCUT2D eigenvalue weighted by molar-refractivity contribution is 5.87. The van der Waals surface area contributed by atoms with Crippen LogP contribution in [0.15, 0.2) is 72.8 Å². The van der Waals surface area contributed by atoms with Gasteiger partial charge in [-0.2, -0.15) is 0 Å². The van der Waals surface area contributed by atoms with Crippen molar-refractivity contribution in [2.24, 2.45) is 0 Å². The third-order valence-electron chi connectivity index (χ3n) is 4.80. The molecular formula is C27H34O7. The highest BCUT2D eigenvalue weighted by Crippen LogP contribution is 2.32. The van der Waals surface area contributed by atoms with Gasteiger partial charge in [0.25, 0.3) is 0 Å². The first-order valence-corrected chi connectivity index (χ1v) is 10.8. The van der Waals surface area contributed by atoms with Crippen LogP contribution in [0.1, 0.15) is 38.8 Å². The molecule has 184 valence electrons. The molecule has 0 aliphatic carbocycles. The predicted octanol–water partition coefficient (Wildman–Crippen LogP) is 4.67. The summed E-state index contributed by atoms with van der Waals surface area (Å²) < 4.78 is 14.6. The summed E-state index contributed by atoms with van der Waals surface area (Å²) >= 11 is 0. The van der Waals surface area contributed by atoms with Crippen LogP contribution in [-0.4, -0.2) is 48.6 Å². The first-order valence-electron chi connectivity index (χ1n) is 10.8. The molecule has 0 saturated carbocycles. The van der Waals surface area contributed by atoms with Crippen molar-refractivity contribution in [1.29, 1.82) is 0 Å². The molecule has 7 heteroatoms. The second kappa shape index (κ2) is 13.9. The van der Waals surface area contributed by atoms with E-state index in [0.717, 1.165) is 11.1 Å². The summed E-state index contributed by atoms with van der Waals surface area (Å²) in [7, 11) is 0. The Hall–Kier alpha value is -3.58. The Balaban J connectivity index is 0.000000340. The maximum atomic E-state index is 10.9. The van der Waals surface area contributed by atoms with Crippen molar-refractivity contribution in [2.45, 2.75) is 33.1 Å². The second-order valence-corrected chi connectivity index (χ2v) is 8.16. The molecule has 2 rings (SSSR count). The van der Waals surface area contributed by atoms with E-state index in [1.165, 1.54) is 0 Å². The number of esters is 2. The molecular weight excluding hydrogens is 436 g/mol. The Bertz CT molecular complexity index is 880. The summed E-state index contributed by atoms with van der Waals surface area (Å²) in [6.45, 7) is 15.1. The van der Waals surface area contributed by atoms with Gasteiger partial charge in [0.15, 0.2) is 0 Å². The highest BCUT2D eigenvalue weighted by Gasteiger charge is 2.22. The van der Waals surface area contributed by atoms with Gasteiger partial charge < -0.3 is 24.4 Å². The summed E-state index contributed by atoms with van der Waals surface area (Å²) in [5.41, 5.74) is 2.80. The fourth-order valence-electron chi connectivity index (χ4n) is 2.66. The SMILES string of the molecule is C=C(C)C(=O)OCCOCCOC(=O)C(=C)C.CC(C)(c1ccc(O)cc1)c1ccc(O)cc1. The molecule has 0 saturated heterocycles. The molecule has 2 aromatic carbocycles. The summed E-state index contributed by atoms with van der Waals surface area (Å²) in [5, 5.41) is 18.6.